The Morgan fingerprint density at radius 2 is 1.68 bits per heavy atom. The molecule has 6 heteroatoms. The number of sulfonamides is 1. The SMILES string of the molecule is CCC(C)(CCOC(=O)C(C)(C)CC)NS(C)(=O)=O. The van der Waals surface area contributed by atoms with E-state index in [4.69, 9.17) is 4.74 Å². The van der Waals surface area contributed by atoms with Gasteiger partial charge in [0.2, 0.25) is 10.0 Å². The molecule has 0 aromatic carbocycles. The Bertz CT molecular complexity index is 403. The molecule has 1 N–H and O–H groups in total. The Morgan fingerprint density at radius 3 is 2.05 bits per heavy atom. The molecule has 5 nitrogen and oxygen atoms in total. The largest absolute Gasteiger partial charge is 0.465 e. The van der Waals surface area contributed by atoms with Gasteiger partial charge in [-0.1, -0.05) is 13.8 Å². The van der Waals surface area contributed by atoms with Gasteiger partial charge in [-0.25, -0.2) is 13.1 Å². The molecule has 1 unspecified atom stereocenters. The van der Waals surface area contributed by atoms with Crippen molar-refractivity contribution in [3.05, 3.63) is 0 Å². The smallest absolute Gasteiger partial charge is 0.311 e. The zero-order valence-electron chi connectivity index (χ0n) is 12.9. The van der Waals surface area contributed by atoms with Crippen LogP contribution in [0.3, 0.4) is 0 Å². The number of carbonyl (C=O) groups excluding carboxylic acids is 1. The lowest BCUT2D eigenvalue weighted by molar-refractivity contribution is -0.154. The van der Waals surface area contributed by atoms with E-state index in [2.05, 4.69) is 4.72 Å². The molecule has 1 atom stereocenters. The molecule has 0 amide bonds. The minimum absolute atomic E-state index is 0.217. The summed E-state index contributed by atoms with van der Waals surface area (Å²) in [6.45, 7) is 9.53. The monoisotopic (exact) mass is 293 g/mol. The van der Waals surface area contributed by atoms with E-state index in [0.717, 1.165) is 6.26 Å². The zero-order chi connectivity index (χ0) is 15.3. The molecule has 0 heterocycles. The molecule has 0 bridgehead atoms. The van der Waals surface area contributed by atoms with E-state index >= 15 is 0 Å². The first-order chi connectivity index (χ1) is 8.46. The summed E-state index contributed by atoms with van der Waals surface area (Å²) < 4.78 is 30.4. The minimum Gasteiger partial charge on any atom is -0.465 e. The molecule has 0 saturated heterocycles. The molecule has 0 aliphatic heterocycles. The second kappa shape index (κ2) is 6.70. The molecule has 0 aromatic heterocycles. The van der Waals surface area contributed by atoms with Gasteiger partial charge in [-0.05, 0) is 33.6 Å². The summed E-state index contributed by atoms with van der Waals surface area (Å²) in [7, 11) is -3.27. The van der Waals surface area contributed by atoms with Gasteiger partial charge in [-0.15, -0.1) is 0 Å². The highest BCUT2D eigenvalue weighted by molar-refractivity contribution is 7.88. The van der Waals surface area contributed by atoms with Crippen LogP contribution >= 0.6 is 0 Å². The molecular weight excluding hydrogens is 266 g/mol. The maximum Gasteiger partial charge on any atom is 0.311 e. The Balaban J connectivity index is 4.42. The predicted molar refractivity (Wildman–Crippen MR) is 76.3 cm³/mol. The summed E-state index contributed by atoms with van der Waals surface area (Å²) in [6.07, 6.45) is 2.93. The van der Waals surface area contributed by atoms with Crippen molar-refractivity contribution in [1.82, 2.24) is 4.72 Å². The van der Waals surface area contributed by atoms with Crippen LogP contribution in [0, 0.1) is 5.41 Å². The third-order valence-corrected chi connectivity index (χ3v) is 4.40. The lowest BCUT2D eigenvalue weighted by Crippen LogP contribution is -2.46. The van der Waals surface area contributed by atoms with Crippen molar-refractivity contribution in [3.8, 4) is 0 Å². The summed E-state index contributed by atoms with van der Waals surface area (Å²) in [6, 6.07) is 0. The minimum atomic E-state index is -3.27. The molecule has 0 aliphatic rings. The number of rotatable bonds is 8. The molecule has 0 fully saturated rings. The highest BCUT2D eigenvalue weighted by Crippen LogP contribution is 2.22. The number of esters is 1. The predicted octanol–water partition coefficient (Wildman–Crippen LogP) is 2.07. The lowest BCUT2D eigenvalue weighted by atomic mass is 9.90. The van der Waals surface area contributed by atoms with Crippen LogP contribution in [0.5, 0.6) is 0 Å². The highest BCUT2D eigenvalue weighted by Gasteiger charge is 2.29. The van der Waals surface area contributed by atoms with Crippen molar-refractivity contribution in [3.63, 3.8) is 0 Å². The summed E-state index contributed by atoms with van der Waals surface area (Å²) in [5.41, 5.74) is -1.07. The number of hydrogen-bond acceptors (Lipinski definition) is 4. The summed E-state index contributed by atoms with van der Waals surface area (Å²) in [4.78, 5) is 11.8. The van der Waals surface area contributed by atoms with Gasteiger partial charge in [0.25, 0.3) is 0 Å². The number of hydrogen-bond donors (Lipinski definition) is 1. The van der Waals surface area contributed by atoms with Gasteiger partial charge >= 0.3 is 5.97 Å². The van der Waals surface area contributed by atoms with E-state index in [0.29, 0.717) is 19.3 Å². The second-order valence-electron chi connectivity index (χ2n) is 5.91. The fourth-order valence-electron chi connectivity index (χ4n) is 1.46. The molecule has 0 spiro atoms. The van der Waals surface area contributed by atoms with Crippen LogP contribution in [0.2, 0.25) is 0 Å². The molecule has 0 aliphatic carbocycles. The third kappa shape index (κ3) is 6.92. The lowest BCUT2D eigenvalue weighted by Gasteiger charge is -2.29. The van der Waals surface area contributed by atoms with E-state index in [1.165, 1.54) is 0 Å². The van der Waals surface area contributed by atoms with Gasteiger partial charge < -0.3 is 4.74 Å². The quantitative estimate of drug-likeness (QED) is 0.695. The van der Waals surface area contributed by atoms with Crippen LogP contribution in [0.4, 0.5) is 0 Å². The Kier molecular flexibility index (Phi) is 6.48. The van der Waals surface area contributed by atoms with Crippen molar-refractivity contribution in [2.24, 2.45) is 5.41 Å². The first-order valence-electron chi connectivity index (χ1n) is 6.62. The topological polar surface area (TPSA) is 72.5 Å². The number of nitrogens with one attached hydrogen (secondary N) is 1. The van der Waals surface area contributed by atoms with Crippen molar-refractivity contribution in [2.75, 3.05) is 12.9 Å². The average Bonchev–Trinajstić information content (AvgIpc) is 2.26. The summed E-state index contributed by atoms with van der Waals surface area (Å²) in [5.74, 6) is -0.243. The molecule has 0 rings (SSSR count). The molecule has 0 saturated carbocycles. The molecule has 0 aromatic rings. The van der Waals surface area contributed by atoms with E-state index < -0.39 is 21.0 Å². The standard InChI is InChI=1S/C13H27NO4S/c1-7-12(3,4)11(15)18-10-9-13(5,8-2)14-19(6,16)17/h14H,7-10H2,1-6H3. The van der Waals surface area contributed by atoms with Gasteiger partial charge in [0, 0.05) is 12.0 Å². The van der Waals surface area contributed by atoms with Crippen LogP contribution in [0.15, 0.2) is 0 Å². The molecule has 0 radical (unpaired) electrons. The van der Waals surface area contributed by atoms with E-state index in [-0.39, 0.29) is 12.6 Å². The Morgan fingerprint density at radius 1 is 1.16 bits per heavy atom. The fourth-order valence-corrected chi connectivity index (χ4v) is 2.60. The normalized spacial score (nSPS) is 15.9. The van der Waals surface area contributed by atoms with E-state index in [1.54, 1.807) is 0 Å². The Hall–Kier alpha value is -0.620. The first kappa shape index (κ1) is 18.4. The van der Waals surface area contributed by atoms with Crippen LogP contribution in [-0.4, -0.2) is 32.8 Å². The van der Waals surface area contributed by atoms with Crippen molar-refractivity contribution in [1.29, 1.82) is 0 Å². The van der Waals surface area contributed by atoms with Crippen molar-refractivity contribution in [2.45, 2.75) is 59.4 Å². The highest BCUT2D eigenvalue weighted by atomic mass is 32.2. The first-order valence-corrected chi connectivity index (χ1v) is 8.51. The Labute approximate surface area is 117 Å². The van der Waals surface area contributed by atoms with Crippen molar-refractivity contribution < 1.29 is 17.9 Å². The van der Waals surface area contributed by atoms with Crippen LogP contribution < -0.4 is 4.72 Å². The van der Waals surface area contributed by atoms with Gasteiger partial charge in [0.15, 0.2) is 0 Å². The van der Waals surface area contributed by atoms with Crippen LogP contribution in [-0.2, 0) is 19.6 Å². The van der Waals surface area contributed by atoms with Crippen LogP contribution in [0.25, 0.3) is 0 Å². The molecular formula is C13H27NO4S. The average molecular weight is 293 g/mol. The summed E-state index contributed by atoms with van der Waals surface area (Å²) in [5, 5.41) is 0. The van der Waals surface area contributed by atoms with Gasteiger partial charge in [0.1, 0.15) is 0 Å². The van der Waals surface area contributed by atoms with Crippen LogP contribution in [0.1, 0.15) is 53.9 Å². The summed E-state index contributed by atoms with van der Waals surface area (Å²) >= 11 is 0. The van der Waals surface area contributed by atoms with Gasteiger partial charge in [-0.2, -0.15) is 0 Å². The molecule has 114 valence electrons. The van der Waals surface area contributed by atoms with E-state index in [1.807, 2.05) is 34.6 Å². The second-order valence-corrected chi connectivity index (χ2v) is 7.66. The maximum absolute atomic E-state index is 11.8. The number of carbonyl (C=O) groups is 1. The van der Waals surface area contributed by atoms with Gasteiger partial charge in [0.05, 0.1) is 18.3 Å². The maximum atomic E-state index is 11.8. The fraction of sp³-hybridized carbons (Fsp3) is 0.923. The molecule has 19 heavy (non-hydrogen) atoms. The zero-order valence-corrected chi connectivity index (χ0v) is 13.7. The third-order valence-electron chi connectivity index (χ3n) is 3.54. The van der Waals surface area contributed by atoms with Crippen molar-refractivity contribution >= 4 is 16.0 Å². The number of ether oxygens (including phenoxy) is 1. The van der Waals surface area contributed by atoms with E-state index in [9.17, 15) is 13.2 Å². The van der Waals surface area contributed by atoms with Gasteiger partial charge in [-0.3, -0.25) is 4.79 Å².